The van der Waals surface area contributed by atoms with Crippen molar-refractivity contribution in [2.24, 2.45) is 0 Å². The van der Waals surface area contributed by atoms with Crippen LogP contribution in [0.5, 0.6) is 0 Å². The second-order valence-electron chi connectivity index (χ2n) is 6.90. The standard InChI is InChI=1S/C23H24N2OS/c1-2-21-19-13-15-27-22(19)12-14-25(21)16-23(26)24-20-11-7-6-10-18(20)17-8-4-3-5-9-17/h3-11,13,15,21H,2,12,14,16H2,1H3,(H,24,26). The fourth-order valence-electron chi connectivity index (χ4n) is 3.95. The Kier molecular flexibility index (Phi) is 5.37. The zero-order valence-electron chi connectivity index (χ0n) is 15.5. The second kappa shape index (κ2) is 8.07. The summed E-state index contributed by atoms with van der Waals surface area (Å²) in [5.41, 5.74) is 4.44. The smallest absolute Gasteiger partial charge is 0.238 e. The van der Waals surface area contributed by atoms with E-state index in [0.29, 0.717) is 12.6 Å². The molecule has 0 radical (unpaired) electrons. The Balaban J connectivity index is 1.49. The summed E-state index contributed by atoms with van der Waals surface area (Å²) in [4.78, 5) is 16.6. The van der Waals surface area contributed by atoms with Crippen molar-refractivity contribution in [2.75, 3.05) is 18.4 Å². The number of hydrogen-bond acceptors (Lipinski definition) is 3. The van der Waals surface area contributed by atoms with Gasteiger partial charge in [-0.2, -0.15) is 0 Å². The van der Waals surface area contributed by atoms with Crippen molar-refractivity contribution in [1.82, 2.24) is 4.90 Å². The first-order chi connectivity index (χ1) is 13.3. The summed E-state index contributed by atoms with van der Waals surface area (Å²) < 4.78 is 0. The second-order valence-corrected chi connectivity index (χ2v) is 7.90. The van der Waals surface area contributed by atoms with E-state index in [1.807, 2.05) is 47.7 Å². The minimum absolute atomic E-state index is 0.0514. The van der Waals surface area contributed by atoms with E-state index in [4.69, 9.17) is 0 Å². The molecule has 0 bridgehead atoms. The fraction of sp³-hybridized carbons (Fsp3) is 0.261. The summed E-state index contributed by atoms with van der Waals surface area (Å²) in [5, 5.41) is 5.31. The lowest BCUT2D eigenvalue weighted by Gasteiger charge is -2.34. The lowest BCUT2D eigenvalue weighted by Crippen LogP contribution is -2.40. The van der Waals surface area contributed by atoms with Gasteiger partial charge in [0, 0.05) is 28.7 Å². The summed E-state index contributed by atoms with van der Waals surface area (Å²) >= 11 is 1.84. The molecular formula is C23H24N2OS. The molecule has 0 spiro atoms. The van der Waals surface area contributed by atoms with Crippen LogP contribution in [0.3, 0.4) is 0 Å². The average molecular weight is 377 g/mol. The summed E-state index contributed by atoms with van der Waals surface area (Å²) in [5.74, 6) is 0.0514. The van der Waals surface area contributed by atoms with Crippen LogP contribution in [-0.4, -0.2) is 23.9 Å². The number of rotatable bonds is 5. The van der Waals surface area contributed by atoms with Crippen LogP contribution in [0.4, 0.5) is 5.69 Å². The predicted molar refractivity (Wildman–Crippen MR) is 113 cm³/mol. The van der Waals surface area contributed by atoms with Gasteiger partial charge in [-0.1, -0.05) is 55.5 Å². The molecule has 0 aliphatic carbocycles. The highest BCUT2D eigenvalue weighted by atomic mass is 32.1. The Morgan fingerprint density at radius 1 is 1.11 bits per heavy atom. The topological polar surface area (TPSA) is 32.3 Å². The predicted octanol–water partition coefficient (Wildman–Crippen LogP) is 5.36. The first-order valence-corrected chi connectivity index (χ1v) is 10.4. The van der Waals surface area contributed by atoms with Crippen molar-refractivity contribution >= 4 is 22.9 Å². The highest BCUT2D eigenvalue weighted by Crippen LogP contribution is 2.35. The third-order valence-corrected chi connectivity index (χ3v) is 6.22. The molecule has 1 aliphatic heterocycles. The van der Waals surface area contributed by atoms with Crippen LogP contribution in [0.1, 0.15) is 29.8 Å². The molecule has 3 nitrogen and oxygen atoms in total. The Bertz CT molecular complexity index is 919. The van der Waals surface area contributed by atoms with Gasteiger partial charge in [-0.15, -0.1) is 11.3 Å². The molecule has 1 aliphatic rings. The Morgan fingerprint density at radius 2 is 1.89 bits per heavy atom. The minimum Gasteiger partial charge on any atom is -0.324 e. The number of fused-ring (bicyclic) bond motifs is 1. The molecule has 1 amide bonds. The van der Waals surface area contributed by atoms with Crippen LogP contribution in [0, 0.1) is 0 Å². The van der Waals surface area contributed by atoms with E-state index in [1.54, 1.807) is 0 Å². The van der Waals surface area contributed by atoms with Gasteiger partial charge in [0.15, 0.2) is 0 Å². The van der Waals surface area contributed by atoms with Gasteiger partial charge in [-0.3, -0.25) is 9.69 Å². The van der Waals surface area contributed by atoms with Crippen LogP contribution in [0.15, 0.2) is 66.0 Å². The maximum atomic E-state index is 12.8. The first-order valence-electron chi connectivity index (χ1n) is 9.51. The van der Waals surface area contributed by atoms with Crippen LogP contribution in [0.2, 0.25) is 0 Å². The van der Waals surface area contributed by atoms with E-state index in [2.05, 4.69) is 46.8 Å². The Morgan fingerprint density at radius 3 is 2.70 bits per heavy atom. The number of nitrogens with zero attached hydrogens (tertiary/aromatic N) is 1. The lowest BCUT2D eigenvalue weighted by atomic mass is 9.98. The summed E-state index contributed by atoms with van der Waals surface area (Å²) in [6.07, 6.45) is 2.06. The number of nitrogens with one attached hydrogen (secondary N) is 1. The van der Waals surface area contributed by atoms with Gasteiger partial charge in [0.25, 0.3) is 0 Å². The van der Waals surface area contributed by atoms with Crippen LogP contribution in [-0.2, 0) is 11.2 Å². The maximum absolute atomic E-state index is 12.8. The van der Waals surface area contributed by atoms with Gasteiger partial charge < -0.3 is 5.32 Å². The first kappa shape index (κ1) is 18.0. The number of benzene rings is 2. The largest absolute Gasteiger partial charge is 0.324 e. The molecule has 0 saturated carbocycles. The van der Waals surface area contributed by atoms with Crippen molar-refractivity contribution < 1.29 is 4.79 Å². The highest BCUT2D eigenvalue weighted by molar-refractivity contribution is 7.10. The van der Waals surface area contributed by atoms with Gasteiger partial charge in [0.1, 0.15) is 0 Å². The zero-order valence-corrected chi connectivity index (χ0v) is 16.3. The number of thiophene rings is 1. The maximum Gasteiger partial charge on any atom is 0.238 e. The SMILES string of the molecule is CCC1c2ccsc2CCN1CC(=O)Nc1ccccc1-c1ccccc1. The van der Waals surface area contributed by atoms with Crippen molar-refractivity contribution in [3.63, 3.8) is 0 Å². The number of carbonyl (C=O) groups excluding carboxylic acids is 1. The average Bonchev–Trinajstić information content (AvgIpc) is 3.18. The molecule has 1 N–H and O–H groups in total. The molecular weight excluding hydrogens is 352 g/mol. The molecule has 27 heavy (non-hydrogen) atoms. The van der Waals surface area contributed by atoms with Crippen molar-refractivity contribution in [2.45, 2.75) is 25.8 Å². The summed E-state index contributed by atoms with van der Waals surface area (Å²) in [7, 11) is 0. The van der Waals surface area contributed by atoms with E-state index in [0.717, 1.165) is 36.2 Å². The normalized spacial score (nSPS) is 16.7. The zero-order chi connectivity index (χ0) is 18.6. The Hall–Kier alpha value is -2.43. The van der Waals surface area contributed by atoms with E-state index >= 15 is 0 Å². The number of anilines is 1. The van der Waals surface area contributed by atoms with E-state index in [9.17, 15) is 4.79 Å². The number of para-hydroxylation sites is 1. The van der Waals surface area contributed by atoms with Crippen molar-refractivity contribution in [1.29, 1.82) is 0 Å². The van der Waals surface area contributed by atoms with Crippen LogP contribution >= 0.6 is 11.3 Å². The van der Waals surface area contributed by atoms with Gasteiger partial charge in [0.05, 0.1) is 6.54 Å². The van der Waals surface area contributed by atoms with Crippen molar-refractivity contribution in [3.05, 3.63) is 76.5 Å². The molecule has 1 atom stereocenters. The van der Waals surface area contributed by atoms with Gasteiger partial charge >= 0.3 is 0 Å². The molecule has 2 aromatic carbocycles. The van der Waals surface area contributed by atoms with Gasteiger partial charge in [-0.05, 0) is 41.5 Å². The molecule has 3 aromatic rings. The van der Waals surface area contributed by atoms with Crippen molar-refractivity contribution in [3.8, 4) is 11.1 Å². The third kappa shape index (κ3) is 3.82. The fourth-order valence-corrected chi connectivity index (χ4v) is 4.88. The summed E-state index contributed by atoms with van der Waals surface area (Å²) in [6.45, 7) is 3.57. The monoisotopic (exact) mass is 376 g/mol. The van der Waals surface area contributed by atoms with E-state index in [-0.39, 0.29) is 5.91 Å². The number of carbonyl (C=O) groups is 1. The third-order valence-electron chi connectivity index (χ3n) is 5.23. The molecule has 0 saturated heterocycles. The highest BCUT2D eigenvalue weighted by Gasteiger charge is 2.28. The van der Waals surface area contributed by atoms with Crippen LogP contribution in [0.25, 0.3) is 11.1 Å². The van der Waals surface area contributed by atoms with Gasteiger partial charge in [0.2, 0.25) is 5.91 Å². The molecule has 138 valence electrons. The molecule has 4 heteroatoms. The number of hydrogen-bond donors (Lipinski definition) is 1. The lowest BCUT2D eigenvalue weighted by molar-refractivity contribution is -0.118. The molecule has 2 heterocycles. The van der Waals surface area contributed by atoms with Crippen LogP contribution < -0.4 is 5.32 Å². The molecule has 1 unspecified atom stereocenters. The molecule has 1 aromatic heterocycles. The molecule has 4 rings (SSSR count). The minimum atomic E-state index is 0.0514. The number of amides is 1. The van der Waals surface area contributed by atoms with E-state index < -0.39 is 0 Å². The Labute approximate surface area is 164 Å². The summed E-state index contributed by atoms with van der Waals surface area (Å²) in [6, 6.07) is 20.8. The van der Waals surface area contributed by atoms with Gasteiger partial charge in [-0.25, -0.2) is 0 Å². The molecule has 0 fully saturated rings. The van der Waals surface area contributed by atoms with E-state index in [1.165, 1.54) is 10.4 Å². The quantitative estimate of drug-likeness (QED) is 0.650.